The highest BCUT2D eigenvalue weighted by atomic mass is 32.1. The molecule has 2 aromatic rings. The van der Waals surface area contributed by atoms with Crippen molar-refractivity contribution in [2.75, 3.05) is 36.9 Å². The summed E-state index contributed by atoms with van der Waals surface area (Å²) in [7, 11) is 0. The van der Waals surface area contributed by atoms with E-state index in [4.69, 9.17) is 10.5 Å². The second-order valence-electron chi connectivity index (χ2n) is 4.92. The van der Waals surface area contributed by atoms with Gasteiger partial charge >= 0.3 is 0 Å². The second kappa shape index (κ2) is 8.74. The fourth-order valence-corrected chi connectivity index (χ4v) is 2.44. The summed E-state index contributed by atoms with van der Waals surface area (Å²) in [5.41, 5.74) is 8.34. The Labute approximate surface area is 143 Å². The number of benzene rings is 1. The zero-order valence-electron chi connectivity index (χ0n) is 13.7. The minimum atomic E-state index is 0.585. The van der Waals surface area contributed by atoms with Crippen molar-refractivity contribution in [2.45, 2.75) is 19.6 Å². The van der Waals surface area contributed by atoms with Crippen molar-refractivity contribution in [2.24, 2.45) is 0 Å². The van der Waals surface area contributed by atoms with Crippen molar-refractivity contribution >= 4 is 24.1 Å². The van der Waals surface area contributed by atoms with Gasteiger partial charge in [-0.05, 0) is 24.3 Å². The van der Waals surface area contributed by atoms with E-state index in [2.05, 4.69) is 27.5 Å². The van der Waals surface area contributed by atoms with E-state index in [0.29, 0.717) is 11.6 Å². The predicted octanol–water partition coefficient (Wildman–Crippen LogP) is 3.02. The summed E-state index contributed by atoms with van der Waals surface area (Å²) in [5.74, 6) is 2.23. The number of nitrogens with zero attached hydrogens (tertiary/aromatic N) is 3. The third kappa shape index (κ3) is 4.59. The third-order valence-electron chi connectivity index (χ3n) is 3.43. The van der Waals surface area contributed by atoms with Crippen LogP contribution in [-0.2, 0) is 10.5 Å². The molecule has 2 N–H and O–H groups in total. The molecule has 23 heavy (non-hydrogen) atoms. The fraction of sp³-hybridized carbons (Fsp3) is 0.412. The zero-order valence-corrected chi connectivity index (χ0v) is 14.6. The minimum Gasteiger partial charge on any atom is -0.399 e. The number of nitrogens with two attached hydrogens (primary N) is 1. The highest BCUT2D eigenvalue weighted by Crippen LogP contribution is 2.22. The average Bonchev–Trinajstić information content (AvgIpc) is 2.64. The van der Waals surface area contributed by atoms with Gasteiger partial charge in [0.1, 0.15) is 5.82 Å². The van der Waals surface area contributed by atoms with E-state index >= 15 is 0 Å². The molecule has 1 aromatic heterocycles. The highest BCUT2D eigenvalue weighted by Gasteiger charge is 2.15. The number of morpholine rings is 1. The van der Waals surface area contributed by atoms with Crippen LogP contribution in [0.1, 0.15) is 19.5 Å². The summed E-state index contributed by atoms with van der Waals surface area (Å²) in [5, 5.41) is 0. The van der Waals surface area contributed by atoms with Crippen LogP contribution in [0.15, 0.2) is 30.3 Å². The summed E-state index contributed by atoms with van der Waals surface area (Å²) < 4.78 is 5.39. The number of rotatable bonds is 3. The van der Waals surface area contributed by atoms with E-state index in [1.54, 1.807) is 0 Å². The van der Waals surface area contributed by atoms with Crippen LogP contribution in [0, 0.1) is 0 Å². The van der Waals surface area contributed by atoms with E-state index in [0.717, 1.165) is 49.1 Å². The molecule has 124 valence electrons. The predicted molar refractivity (Wildman–Crippen MR) is 99.0 cm³/mol. The van der Waals surface area contributed by atoms with E-state index < -0.39 is 0 Å². The summed E-state index contributed by atoms with van der Waals surface area (Å²) in [6.07, 6.45) is 0. The first-order valence-corrected chi connectivity index (χ1v) is 8.57. The monoisotopic (exact) mass is 332 g/mol. The van der Waals surface area contributed by atoms with Crippen LogP contribution in [0.2, 0.25) is 0 Å². The van der Waals surface area contributed by atoms with E-state index in [9.17, 15) is 0 Å². The zero-order chi connectivity index (χ0) is 16.7. The van der Waals surface area contributed by atoms with Crippen molar-refractivity contribution in [1.82, 2.24) is 9.97 Å². The number of aromatic nitrogens is 2. The molecule has 3 rings (SSSR count). The van der Waals surface area contributed by atoms with Crippen molar-refractivity contribution in [1.29, 1.82) is 0 Å². The molecule has 6 heteroatoms. The van der Waals surface area contributed by atoms with Crippen molar-refractivity contribution in [3.05, 3.63) is 36.0 Å². The maximum atomic E-state index is 5.73. The molecule has 1 fully saturated rings. The van der Waals surface area contributed by atoms with E-state index in [-0.39, 0.29) is 0 Å². The van der Waals surface area contributed by atoms with Gasteiger partial charge in [0.05, 0.1) is 18.9 Å². The molecular weight excluding hydrogens is 308 g/mol. The summed E-state index contributed by atoms with van der Waals surface area (Å²) >= 11 is 4.34. The van der Waals surface area contributed by atoms with Crippen LogP contribution in [-0.4, -0.2) is 36.3 Å². The molecule has 1 aromatic carbocycles. The summed E-state index contributed by atoms with van der Waals surface area (Å²) in [6, 6.07) is 9.60. The molecule has 0 saturated carbocycles. The Morgan fingerprint density at radius 1 is 1.13 bits per heavy atom. The second-order valence-corrected chi connectivity index (χ2v) is 5.24. The largest absolute Gasteiger partial charge is 0.399 e. The van der Waals surface area contributed by atoms with Gasteiger partial charge in [0, 0.05) is 36.2 Å². The number of anilines is 2. The van der Waals surface area contributed by atoms with E-state index in [1.165, 1.54) is 0 Å². The van der Waals surface area contributed by atoms with Crippen molar-refractivity contribution in [3.8, 4) is 11.4 Å². The molecule has 0 amide bonds. The van der Waals surface area contributed by atoms with Crippen LogP contribution in [0.5, 0.6) is 0 Å². The first-order chi connectivity index (χ1) is 11.3. The molecule has 1 aliphatic heterocycles. The van der Waals surface area contributed by atoms with Crippen LogP contribution >= 0.6 is 12.6 Å². The van der Waals surface area contributed by atoms with Crippen LogP contribution in [0.25, 0.3) is 11.4 Å². The quantitative estimate of drug-likeness (QED) is 0.668. The van der Waals surface area contributed by atoms with Gasteiger partial charge in [-0.15, -0.1) is 0 Å². The van der Waals surface area contributed by atoms with Gasteiger partial charge in [-0.3, -0.25) is 0 Å². The molecule has 1 aliphatic rings. The Balaban J connectivity index is 0.000000924. The Bertz CT molecular complexity index is 612. The first kappa shape index (κ1) is 17.6. The molecule has 2 heterocycles. The average molecular weight is 332 g/mol. The van der Waals surface area contributed by atoms with Gasteiger partial charge < -0.3 is 15.4 Å². The molecular formula is C17H24N4OS. The van der Waals surface area contributed by atoms with Crippen molar-refractivity contribution in [3.63, 3.8) is 0 Å². The minimum absolute atomic E-state index is 0.585. The number of nitrogen functional groups attached to an aromatic ring is 1. The first-order valence-electron chi connectivity index (χ1n) is 7.94. The maximum Gasteiger partial charge on any atom is 0.161 e. The molecule has 0 spiro atoms. The number of hydrogen-bond donors (Lipinski definition) is 2. The normalized spacial score (nSPS) is 14.1. The van der Waals surface area contributed by atoms with Gasteiger partial charge in [-0.25, -0.2) is 9.97 Å². The molecule has 1 saturated heterocycles. The number of ether oxygens (including phenoxy) is 1. The Kier molecular flexibility index (Phi) is 6.67. The summed E-state index contributed by atoms with van der Waals surface area (Å²) in [6.45, 7) is 7.17. The Morgan fingerprint density at radius 2 is 1.78 bits per heavy atom. The lowest BCUT2D eigenvalue weighted by molar-refractivity contribution is 0.122. The molecule has 0 bridgehead atoms. The maximum absolute atomic E-state index is 5.73. The van der Waals surface area contributed by atoms with Crippen LogP contribution in [0.3, 0.4) is 0 Å². The number of thiol groups is 1. The van der Waals surface area contributed by atoms with Crippen LogP contribution in [0.4, 0.5) is 11.5 Å². The molecule has 5 nitrogen and oxygen atoms in total. The molecule has 0 atom stereocenters. The smallest absolute Gasteiger partial charge is 0.161 e. The van der Waals surface area contributed by atoms with Gasteiger partial charge in [0.25, 0.3) is 0 Å². The SMILES string of the molecule is CC.Nc1ccc(-c2nc(CS)cc(N3CCOCC3)n2)cc1. The Hall–Kier alpha value is -1.79. The molecule has 0 radical (unpaired) electrons. The third-order valence-corrected chi connectivity index (χ3v) is 3.76. The highest BCUT2D eigenvalue weighted by molar-refractivity contribution is 7.79. The molecule has 0 aliphatic carbocycles. The standard InChI is InChI=1S/C15H18N4OS.C2H6/c16-12-3-1-11(2-4-12)15-17-13(10-21)9-14(18-15)19-5-7-20-8-6-19;1-2/h1-4,9,21H,5-8,10,16H2;1-2H3. The van der Waals surface area contributed by atoms with Crippen LogP contribution < -0.4 is 10.6 Å². The molecule has 0 unspecified atom stereocenters. The van der Waals surface area contributed by atoms with Gasteiger partial charge in [0.15, 0.2) is 5.82 Å². The van der Waals surface area contributed by atoms with Gasteiger partial charge in [0.2, 0.25) is 0 Å². The summed E-state index contributed by atoms with van der Waals surface area (Å²) in [4.78, 5) is 11.5. The lowest BCUT2D eigenvalue weighted by Crippen LogP contribution is -2.37. The van der Waals surface area contributed by atoms with E-state index in [1.807, 2.05) is 44.2 Å². The van der Waals surface area contributed by atoms with Crippen molar-refractivity contribution < 1.29 is 4.74 Å². The lowest BCUT2D eigenvalue weighted by Gasteiger charge is -2.28. The van der Waals surface area contributed by atoms with Gasteiger partial charge in [-0.2, -0.15) is 12.6 Å². The Morgan fingerprint density at radius 3 is 2.39 bits per heavy atom. The fourth-order valence-electron chi connectivity index (χ4n) is 2.28. The number of hydrogen-bond acceptors (Lipinski definition) is 6. The van der Waals surface area contributed by atoms with Gasteiger partial charge in [-0.1, -0.05) is 13.8 Å². The lowest BCUT2D eigenvalue weighted by atomic mass is 10.2. The topological polar surface area (TPSA) is 64.3 Å².